The quantitative estimate of drug-likeness (QED) is 0.779. The van der Waals surface area contributed by atoms with Crippen molar-refractivity contribution >= 4 is 11.6 Å². The highest BCUT2D eigenvalue weighted by Gasteiger charge is 2.13. The lowest BCUT2D eigenvalue weighted by Gasteiger charge is -2.05. The van der Waals surface area contributed by atoms with Gasteiger partial charge in [-0.1, -0.05) is 11.6 Å². The van der Waals surface area contributed by atoms with Crippen LogP contribution in [0, 0.1) is 31.0 Å². The van der Waals surface area contributed by atoms with Crippen molar-refractivity contribution in [2.24, 2.45) is 0 Å². The van der Waals surface area contributed by atoms with E-state index >= 15 is 0 Å². The zero-order valence-electron chi connectivity index (χ0n) is 9.33. The van der Waals surface area contributed by atoms with E-state index in [0.717, 1.165) is 0 Å². The summed E-state index contributed by atoms with van der Waals surface area (Å²) in [6.07, 6.45) is 0. The number of aryl methyl sites for hydroxylation is 1. The minimum absolute atomic E-state index is 0.0357. The molecule has 0 N–H and O–H groups in total. The molecule has 3 nitrogen and oxygen atoms in total. The molecule has 0 bridgehead atoms. The van der Waals surface area contributed by atoms with E-state index in [1.807, 2.05) is 0 Å². The van der Waals surface area contributed by atoms with Crippen LogP contribution in [0.25, 0.3) is 5.69 Å². The van der Waals surface area contributed by atoms with Crippen molar-refractivity contribution in [2.75, 3.05) is 0 Å². The van der Waals surface area contributed by atoms with Gasteiger partial charge in [-0.15, -0.1) is 0 Å². The van der Waals surface area contributed by atoms with Gasteiger partial charge < -0.3 is 0 Å². The molecule has 0 aliphatic carbocycles. The molecule has 2 aromatic rings. The Balaban J connectivity index is 2.62. The summed E-state index contributed by atoms with van der Waals surface area (Å²) in [4.78, 5) is 0. The number of halogens is 2. The molecule has 0 saturated heterocycles. The average molecular weight is 250 g/mol. The van der Waals surface area contributed by atoms with Gasteiger partial charge in [0.1, 0.15) is 11.9 Å². The topological polar surface area (TPSA) is 41.6 Å². The number of hydrogen-bond donors (Lipinski definition) is 0. The summed E-state index contributed by atoms with van der Waals surface area (Å²) >= 11 is 5.72. The minimum atomic E-state index is -0.475. The monoisotopic (exact) mass is 249 g/mol. The maximum atomic E-state index is 13.1. The highest BCUT2D eigenvalue weighted by molar-refractivity contribution is 6.30. The summed E-state index contributed by atoms with van der Waals surface area (Å²) in [7, 11) is 0. The van der Waals surface area contributed by atoms with Crippen LogP contribution < -0.4 is 0 Å². The van der Waals surface area contributed by atoms with Gasteiger partial charge in [-0.05, 0) is 32.0 Å². The molecule has 5 heteroatoms. The summed E-state index contributed by atoms with van der Waals surface area (Å²) in [6.45, 7) is 3.54. The Morgan fingerprint density at radius 2 is 2.12 bits per heavy atom. The van der Waals surface area contributed by atoms with Crippen molar-refractivity contribution in [3.05, 3.63) is 46.0 Å². The molecule has 1 aromatic heterocycles. The van der Waals surface area contributed by atoms with Gasteiger partial charge in [0.15, 0.2) is 0 Å². The second-order valence-corrected chi connectivity index (χ2v) is 4.08. The lowest BCUT2D eigenvalue weighted by molar-refractivity contribution is 0.627. The normalized spacial score (nSPS) is 10.3. The number of nitrogens with zero attached hydrogens (tertiary/aromatic N) is 3. The molecule has 0 radical (unpaired) electrons. The van der Waals surface area contributed by atoms with Gasteiger partial charge in [0.25, 0.3) is 0 Å². The molecule has 0 saturated carbocycles. The van der Waals surface area contributed by atoms with Gasteiger partial charge in [0.05, 0.1) is 27.7 Å². The Bertz CT molecular complexity index is 625. The van der Waals surface area contributed by atoms with Crippen LogP contribution in [0.2, 0.25) is 5.02 Å². The summed E-state index contributed by atoms with van der Waals surface area (Å²) in [5.41, 5.74) is 2.53. The number of benzene rings is 1. The number of nitriles is 1. The first kappa shape index (κ1) is 11.6. The van der Waals surface area contributed by atoms with E-state index in [-0.39, 0.29) is 5.02 Å². The fourth-order valence-corrected chi connectivity index (χ4v) is 1.85. The third kappa shape index (κ3) is 1.90. The molecule has 0 fully saturated rings. The van der Waals surface area contributed by atoms with E-state index in [2.05, 4.69) is 11.2 Å². The van der Waals surface area contributed by atoms with Crippen LogP contribution in [-0.2, 0) is 0 Å². The van der Waals surface area contributed by atoms with E-state index in [1.165, 1.54) is 12.1 Å². The Kier molecular flexibility index (Phi) is 2.86. The van der Waals surface area contributed by atoms with Crippen LogP contribution in [-0.4, -0.2) is 9.78 Å². The summed E-state index contributed by atoms with van der Waals surface area (Å²) in [6, 6.07) is 6.42. The minimum Gasteiger partial charge on any atom is -0.236 e. The largest absolute Gasteiger partial charge is 0.236 e. The number of aromatic nitrogens is 2. The van der Waals surface area contributed by atoms with Gasteiger partial charge in [-0.25, -0.2) is 9.07 Å². The maximum absolute atomic E-state index is 13.1. The van der Waals surface area contributed by atoms with Crippen molar-refractivity contribution in [1.29, 1.82) is 5.26 Å². The first-order valence-electron chi connectivity index (χ1n) is 4.96. The van der Waals surface area contributed by atoms with Crippen molar-refractivity contribution in [2.45, 2.75) is 13.8 Å². The number of hydrogen-bond acceptors (Lipinski definition) is 2. The first-order valence-corrected chi connectivity index (χ1v) is 5.34. The molecular formula is C12H9ClFN3. The van der Waals surface area contributed by atoms with E-state index in [0.29, 0.717) is 22.6 Å². The standard InChI is InChI=1S/C12H9ClFN3/c1-7-10(6-15)8(2)17(16-7)9-3-4-12(14)11(13)5-9/h3-5H,1-2H3. The molecule has 1 heterocycles. The molecule has 0 amide bonds. The smallest absolute Gasteiger partial charge is 0.141 e. The van der Waals surface area contributed by atoms with E-state index in [9.17, 15) is 4.39 Å². The predicted molar refractivity (Wildman–Crippen MR) is 62.7 cm³/mol. The lowest BCUT2D eigenvalue weighted by Crippen LogP contribution is -1.99. The van der Waals surface area contributed by atoms with Crippen LogP contribution in [0.5, 0.6) is 0 Å². The molecule has 2 rings (SSSR count). The zero-order valence-corrected chi connectivity index (χ0v) is 10.1. The second kappa shape index (κ2) is 4.19. The van der Waals surface area contributed by atoms with Gasteiger partial charge in [0, 0.05) is 0 Å². The first-order chi connectivity index (χ1) is 8.04. The summed E-state index contributed by atoms with van der Waals surface area (Å²) in [5.74, 6) is -0.475. The summed E-state index contributed by atoms with van der Waals surface area (Å²) in [5, 5.41) is 13.2. The van der Waals surface area contributed by atoms with Gasteiger partial charge in [-0.3, -0.25) is 0 Å². The van der Waals surface area contributed by atoms with Crippen LogP contribution in [0.15, 0.2) is 18.2 Å². The maximum Gasteiger partial charge on any atom is 0.141 e. The molecule has 0 aliphatic heterocycles. The van der Waals surface area contributed by atoms with E-state index < -0.39 is 5.82 Å². The zero-order chi connectivity index (χ0) is 12.6. The van der Waals surface area contributed by atoms with E-state index in [4.69, 9.17) is 16.9 Å². The fraction of sp³-hybridized carbons (Fsp3) is 0.167. The molecule has 0 aliphatic rings. The predicted octanol–water partition coefficient (Wildman–Crippen LogP) is 3.15. The van der Waals surface area contributed by atoms with Crippen LogP contribution in [0.1, 0.15) is 17.0 Å². The second-order valence-electron chi connectivity index (χ2n) is 3.67. The van der Waals surface area contributed by atoms with Crippen LogP contribution in [0.3, 0.4) is 0 Å². The van der Waals surface area contributed by atoms with Crippen LogP contribution in [0.4, 0.5) is 4.39 Å². The van der Waals surface area contributed by atoms with Crippen molar-refractivity contribution < 1.29 is 4.39 Å². The molecule has 0 spiro atoms. The van der Waals surface area contributed by atoms with Crippen LogP contribution >= 0.6 is 11.6 Å². The Labute approximate surface area is 103 Å². The molecule has 86 valence electrons. The molecule has 17 heavy (non-hydrogen) atoms. The Morgan fingerprint density at radius 3 is 2.65 bits per heavy atom. The van der Waals surface area contributed by atoms with Gasteiger partial charge >= 0.3 is 0 Å². The highest BCUT2D eigenvalue weighted by atomic mass is 35.5. The number of rotatable bonds is 1. The Morgan fingerprint density at radius 1 is 1.41 bits per heavy atom. The lowest BCUT2D eigenvalue weighted by atomic mass is 10.2. The van der Waals surface area contributed by atoms with Crippen molar-refractivity contribution in [3.63, 3.8) is 0 Å². The molecule has 1 aromatic carbocycles. The third-order valence-electron chi connectivity index (χ3n) is 2.55. The average Bonchev–Trinajstić information content (AvgIpc) is 2.58. The molecular weight excluding hydrogens is 241 g/mol. The molecule has 0 atom stereocenters. The van der Waals surface area contributed by atoms with Crippen molar-refractivity contribution in [3.8, 4) is 11.8 Å². The van der Waals surface area contributed by atoms with Gasteiger partial charge in [0.2, 0.25) is 0 Å². The highest BCUT2D eigenvalue weighted by Crippen LogP contribution is 2.21. The van der Waals surface area contributed by atoms with E-state index in [1.54, 1.807) is 24.6 Å². The van der Waals surface area contributed by atoms with Gasteiger partial charge in [-0.2, -0.15) is 10.4 Å². The summed E-state index contributed by atoms with van der Waals surface area (Å²) < 4.78 is 14.6. The molecule has 0 unspecified atom stereocenters. The van der Waals surface area contributed by atoms with Crippen molar-refractivity contribution in [1.82, 2.24) is 9.78 Å². The SMILES string of the molecule is Cc1nn(-c2ccc(F)c(Cl)c2)c(C)c1C#N. The fourth-order valence-electron chi connectivity index (χ4n) is 1.67. The third-order valence-corrected chi connectivity index (χ3v) is 2.84. The Hall–Kier alpha value is -1.86.